The fraction of sp³-hybridized carbons (Fsp3) is 0.357. The smallest absolute Gasteiger partial charge is 0.154 e. The number of nitrogens with one attached hydrogen (secondary N) is 1. The van der Waals surface area contributed by atoms with E-state index < -0.39 is 0 Å². The van der Waals surface area contributed by atoms with Gasteiger partial charge in [0, 0.05) is 41.2 Å². The molecule has 0 spiro atoms. The third-order valence-electron chi connectivity index (χ3n) is 2.62. The van der Waals surface area contributed by atoms with Gasteiger partial charge in [0.05, 0.1) is 6.61 Å². The number of methoxy groups -OCH3 is 1. The monoisotopic (exact) mass is 328 g/mol. The van der Waals surface area contributed by atoms with Crippen LogP contribution in [-0.2, 0) is 11.3 Å². The van der Waals surface area contributed by atoms with Gasteiger partial charge < -0.3 is 10.1 Å². The lowest BCUT2D eigenvalue weighted by Gasteiger charge is -2.09. The minimum atomic E-state index is 0.710. The average Bonchev–Trinajstić information content (AvgIpc) is 2.82. The van der Waals surface area contributed by atoms with Gasteiger partial charge in [-0.1, -0.05) is 29.4 Å². The lowest BCUT2D eigenvalue weighted by atomic mass is 10.2. The van der Waals surface area contributed by atoms with Crippen molar-refractivity contribution in [1.29, 1.82) is 0 Å². The molecule has 0 bridgehead atoms. The van der Waals surface area contributed by atoms with Gasteiger partial charge in [0.15, 0.2) is 4.34 Å². The van der Waals surface area contributed by atoms with Crippen LogP contribution >= 0.6 is 34.7 Å². The van der Waals surface area contributed by atoms with Crippen molar-refractivity contribution in [3.05, 3.63) is 39.9 Å². The molecule has 0 fully saturated rings. The van der Waals surface area contributed by atoms with Crippen molar-refractivity contribution in [3.63, 3.8) is 0 Å². The van der Waals surface area contributed by atoms with Gasteiger partial charge in [0.1, 0.15) is 0 Å². The number of halogens is 1. The molecule has 0 radical (unpaired) electrons. The predicted octanol–water partition coefficient (Wildman–Crippen LogP) is 3.99. The number of aryl methyl sites for hydroxylation is 1. The first-order valence-corrected chi connectivity index (χ1v) is 8.34. The maximum atomic E-state index is 6.10. The van der Waals surface area contributed by atoms with Crippen molar-refractivity contribution in [2.75, 3.05) is 20.3 Å². The topological polar surface area (TPSA) is 34.1 Å². The summed E-state index contributed by atoms with van der Waals surface area (Å²) < 4.78 is 6.07. The number of hydrogen-bond donors (Lipinski definition) is 1. The van der Waals surface area contributed by atoms with E-state index in [-0.39, 0.29) is 0 Å². The quantitative estimate of drug-likeness (QED) is 0.779. The molecular formula is C14H17ClN2OS2. The van der Waals surface area contributed by atoms with Crippen molar-refractivity contribution < 1.29 is 4.74 Å². The molecule has 0 unspecified atom stereocenters. The standard InChI is InChI=1S/C14H17ClN2OS2/c1-10-9-19-14(17-10)20-13-7-12(15)4-3-11(13)8-16-5-6-18-2/h3-4,7,9,16H,5-6,8H2,1-2H3. The van der Waals surface area contributed by atoms with Crippen LogP contribution in [0.5, 0.6) is 0 Å². The molecule has 2 aromatic rings. The summed E-state index contributed by atoms with van der Waals surface area (Å²) in [5.41, 5.74) is 2.28. The van der Waals surface area contributed by atoms with Gasteiger partial charge in [-0.25, -0.2) is 4.98 Å². The minimum Gasteiger partial charge on any atom is -0.383 e. The molecule has 0 amide bonds. The van der Waals surface area contributed by atoms with Crippen LogP contribution in [-0.4, -0.2) is 25.2 Å². The fourth-order valence-electron chi connectivity index (χ4n) is 1.64. The molecule has 108 valence electrons. The zero-order chi connectivity index (χ0) is 14.4. The summed E-state index contributed by atoms with van der Waals surface area (Å²) in [6, 6.07) is 5.98. The Labute approximate surface area is 132 Å². The molecule has 3 nitrogen and oxygen atoms in total. The molecule has 20 heavy (non-hydrogen) atoms. The number of hydrogen-bond acceptors (Lipinski definition) is 5. The molecule has 0 saturated heterocycles. The van der Waals surface area contributed by atoms with E-state index in [9.17, 15) is 0 Å². The van der Waals surface area contributed by atoms with E-state index in [1.165, 1.54) is 5.56 Å². The van der Waals surface area contributed by atoms with Crippen molar-refractivity contribution in [3.8, 4) is 0 Å². The third kappa shape index (κ3) is 4.75. The number of rotatable bonds is 7. The summed E-state index contributed by atoms with van der Waals surface area (Å²) in [4.78, 5) is 5.63. The first-order chi connectivity index (χ1) is 9.69. The van der Waals surface area contributed by atoms with Gasteiger partial charge in [0.25, 0.3) is 0 Å². The summed E-state index contributed by atoms with van der Waals surface area (Å²) in [6.45, 7) is 4.35. The van der Waals surface area contributed by atoms with Crippen LogP contribution in [0.3, 0.4) is 0 Å². The second-order valence-electron chi connectivity index (χ2n) is 4.28. The number of benzene rings is 1. The second-order valence-corrected chi connectivity index (χ2v) is 6.86. The molecule has 1 N–H and O–H groups in total. The highest BCUT2D eigenvalue weighted by Gasteiger charge is 2.08. The van der Waals surface area contributed by atoms with Crippen LogP contribution in [0.1, 0.15) is 11.3 Å². The fourth-order valence-corrected chi connectivity index (χ4v) is 3.84. The van der Waals surface area contributed by atoms with Gasteiger partial charge in [-0.3, -0.25) is 0 Å². The SMILES string of the molecule is COCCNCc1ccc(Cl)cc1Sc1nc(C)cs1. The molecule has 0 atom stereocenters. The van der Waals surface area contributed by atoms with E-state index in [4.69, 9.17) is 16.3 Å². The maximum Gasteiger partial charge on any atom is 0.154 e. The summed E-state index contributed by atoms with van der Waals surface area (Å²) in [6.07, 6.45) is 0. The van der Waals surface area contributed by atoms with Crippen LogP contribution in [0.2, 0.25) is 5.02 Å². The highest BCUT2D eigenvalue weighted by atomic mass is 35.5. The predicted molar refractivity (Wildman–Crippen MR) is 86.0 cm³/mol. The van der Waals surface area contributed by atoms with Crippen molar-refractivity contribution in [1.82, 2.24) is 10.3 Å². The molecule has 1 heterocycles. The first kappa shape index (κ1) is 15.8. The van der Waals surface area contributed by atoms with Crippen LogP contribution < -0.4 is 5.32 Å². The summed E-state index contributed by atoms with van der Waals surface area (Å²) >= 11 is 9.43. The largest absolute Gasteiger partial charge is 0.383 e. The zero-order valence-corrected chi connectivity index (χ0v) is 13.9. The number of thiazole rings is 1. The van der Waals surface area contributed by atoms with E-state index in [2.05, 4.69) is 21.7 Å². The van der Waals surface area contributed by atoms with E-state index in [0.29, 0.717) is 6.61 Å². The molecule has 2 rings (SSSR count). The van der Waals surface area contributed by atoms with Crippen LogP contribution in [0.15, 0.2) is 32.8 Å². The van der Waals surface area contributed by atoms with Gasteiger partial charge >= 0.3 is 0 Å². The van der Waals surface area contributed by atoms with E-state index in [1.807, 2.05) is 19.1 Å². The van der Waals surface area contributed by atoms with Gasteiger partial charge in [-0.2, -0.15) is 0 Å². The first-order valence-electron chi connectivity index (χ1n) is 6.27. The molecule has 1 aromatic heterocycles. The summed E-state index contributed by atoms with van der Waals surface area (Å²) in [5, 5.41) is 6.17. The molecule has 0 aliphatic heterocycles. The lowest BCUT2D eigenvalue weighted by Crippen LogP contribution is -2.18. The van der Waals surface area contributed by atoms with Crippen LogP contribution in [0, 0.1) is 6.92 Å². The molecule has 1 aromatic carbocycles. The summed E-state index contributed by atoms with van der Waals surface area (Å²) in [7, 11) is 1.70. The molecule has 0 aliphatic rings. The van der Waals surface area contributed by atoms with Crippen molar-refractivity contribution in [2.45, 2.75) is 22.7 Å². The Morgan fingerprint density at radius 3 is 3.00 bits per heavy atom. The minimum absolute atomic E-state index is 0.710. The van der Waals surface area contributed by atoms with E-state index in [0.717, 1.165) is 33.0 Å². The van der Waals surface area contributed by atoms with Gasteiger partial charge in [0.2, 0.25) is 0 Å². The third-order valence-corrected chi connectivity index (χ3v) is 5.01. The van der Waals surface area contributed by atoms with Crippen molar-refractivity contribution >= 4 is 34.7 Å². The number of aromatic nitrogens is 1. The Hall–Kier alpha value is -0.590. The zero-order valence-electron chi connectivity index (χ0n) is 11.5. The Bertz CT molecular complexity index is 560. The van der Waals surface area contributed by atoms with Crippen LogP contribution in [0.25, 0.3) is 0 Å². The lowest BCUT2D eigenvalue weighted by molar-refractivity contribution is 0.199. The second kappa shape index (κ2) is 8.00. The Balaban J connectivity index is 2.07. The maximum absolute atomic E-state index is 6.10. The van der Waals surface area contributed by atoms with Crippen LogP contribution in [0.4, 0.5) is 0 Å². The molecule has 0 aliphatic carbocycles. The summed E-state index contributed by atoms with van der Waals surface area (Å²) in [5.74, 6) is 0. The number of nitrogens with zero attached hydrogens (tertiary/aromatic N) is 1. The molecular weight excluding hydrogens is 312 g/mol. The van der Waals surface area contributed by atoms with Gasteiger partial charge in [-0.05, 0) is 24.6 Å². The Morgan fingerprint density at radius 1 is 1.45 bits per heavy atom. The highest BCUT2D eigenvalue weighted by molar-refractivity contribution is 8.01. The molecule has 6 heteroatoms. The van der Waals surface area contributed by atoms with Crippen molar-refractivity contribution in [2.24, 2.45) is 0 Å². The Kier molecular flexibility index (Phi) is 6.32. The molecule has 0 saturated carbocycles. The Morgan fingerprint density at radius 2 is 2.30 bits per heavy atom. The number of ether oxygens (including phenoxy) is 1. The normalized spacial score (nSPS) is 10.9. The van der Waals surface area contributed by atoms with Gasteiger partial charge in [-0.15, -0.1) is 11.3 Å². The highest BCUT2D eigenvalue weighted by Crippen LogP contribution is 2.34. The van der Waals surface area contributed by atoms with E-state index >= 15 is 0 Å². The van der Waals surface area contributed by atoms with E-state index in [1.54, 1.807) is 30.2 Å². The average molecular weight is 329 g/mol.